The molecule has 0 aliphatic carbocycles. The van der Waals surface area contributed by atoms with Gasteiger partial charge in [-0.1, -0.05) is 48.1 Å². The van der Waals surface area contributed by atoms with Gasteiger partial charge in [-0.2, -0.15) is 12.7 Å². The van der Waals surface area contributed by atoms with Gasteiger partial charge < -0.3 is 24.1 Å². The smallest absolute Gasteiger partial charge is 0.309 e. The van der Waals surface area contributed by atoms with Crippen LogP contribution < -0.4 is 0 Å². The molecule has 2 rings (SSSR count). The average Bonchev–Trinajstić information content (AvgIpc) is 3.26. The van der Waals surface area contributed by atoms with E-state index in [9.17, 15) is 18.6 Å². The molecular formula is C24H45N3O7SSi. The van der Waals surface area contributed by atoms with Crippen molar-refractivity contribution < 1.29 is 32.5 Å². The predicted molar refractivity (Wildman–Crippen MR) is 142 cm³/mol. The Morgan fingerprint density at radius 3 is 2.08 bits per heavy atom. The molecule has 0 radical (unpaired) electrons. The Bertz CT molecular complexity index is 1030. The number of hydrogen-bond donors (Lipinski definition) is 2. The minimum absolute atomic E-state index is 0.00722. The lowest BCUT2D eigenvalue weighted by molar-refractivity contribution is -0.157. The maximum absolute atomic E-state index is 13.6. The van der Waals surface area contributed by atoms with Gasteiger partial charge in [0, 0.05) is 14.1 Å². The number of aromatic nitrogens is 2. The summed E-state index contributed by atoms with van der Waals surface area (Å²) in [6.07, 6.45) is -3.34. The third kappa shape index (κ3) is 5.45. The van der Waals surface area contributed by atoms with Crippen LogP contribution in [0.15, 0.2) is 6.58 Å². The molecule has 1 unspecified atom stereocenters. The summed E-state index contributed by atoms with van der Waals surface area (Å²) in [5, 5.41) is 21.3. The van der Waals surface area contributed by atoms with Crippen LogP contribution in [0.3, 0.4) is 0 Å². The van der Waals surface area contributed by atoms with E-state index in [-0.39, 0.29) is 39.6 Å². The SMILES string of the molecule is C=C(O[Si](C(C)C)(C(C)C)C(C)C)c1nc(C)c(C(O)[C@@H]2OC(C)(C)O[C@@H]2CO)n1S(=O)(=O)N(C)C. The molecule has 2 heterocycles. The zero-order valence-electron chi connectivity index (χ0n) is 23.6. The Hall–Kier alpha value is -1.28. The second kappa shape index (κ2) is 10.8. The second-order valence-corrected chi connectivity index (χ2v) is 18.4. The normalized spacial score (nSPS) is 21.7. The van der Waals surface area contributed by atoms with Crippen LogP contribution in [0, 0.1) is 6.92 Å². The molecule has 2 N–H and O–H groups in total. The molecule has 3 atom stereocenters. The van der Waals surface area contributed by atoms with Crippen molar-refractivity contribution in [2.24, 2.45) is 0 Å². The zero-order valence-corrected chi connectivity index (χ0v) is 25.4. The highest BCUT2D eigenvalue weighted by Crippen LogP contribution is 2.45. The fourth-order valence-electron chi connectivity index (χ4n) is 5.47. The van der Waals surface area contributed by atoms with Gasteiger partial charge in [-0.15, -0.1) is 0 Å². The van der Waals surface area contributed by atoms with Crippen molar-refractivity contribution >= 4 is 24.3 Å². The summed E-state index contributed by atoms with van der Waals surface area (Å²) in [5.74, 6) is -0.912. The van der Waals surface area contributed by atoms with Gasteiger partial charge in [0.2, 0.25) is 0 Å². The molecule has 208 valence electrons. The van der Waals surface area contributed by atoms with Gasteiger partial charge in [-0.3, -0.25) is 0 Å². The zero-order chi connectivity index (χ0) is 28.0. The van der Waals surface area contributed by atoms with E-state index in [0.717, 1.165) is 8.28 Å². The van der Waals surface area contributed by atoms with Crippen LogP contribution in [0.4, 0.5) is 0 Å². The first-order valence-corrected chi connectivity index (χ1v) is 15.9. The lowest BCUT2D eigenvalue weighted by Gasteiger charge is -2.42. The van der Waals surface area contributed by atoms with E-state index < -0.39 is 49.2 Å². The Balaban J connectivity index is 2.73. The molecule has 0 bridgehead atoms. The van der Waals surface area contributed by atoms with Crippen molar-refractivity contribution in [1.82, 2.24) is 13.3 Å². The Labute approximate surface area is 217 Å². The minimum atomic E-state index is -4.16. The van der Waals surface area contributed by atoms with Gasteiger partial charge in [0.25, 0.3) is 8.32 Å². The van der Waals surface area contributed by atoms with Gasteiger partial charge in [0.05, 0.1) is 18.0 Å². The average molecular weight is 548 g/mol. The van der Waals surface area contributed by atoms with Crippen LogP contribution in [0.2, 0.25) is 16.6 Å². The highest BCUT2D eigenvalue weighted by atomic mass is 32.2. The Kier molecular flexibility index (Phi) is 9.31. The van der Waals surface area contributed by atoms with Crippen LogP contribution in [0.1, 0.15) is 78.7 Å². The number of hydrogen-bond acceptors (Lipinski definition) is 8. The van der Waals surface area contributed by atoms with Crippen LogP contribution in [0.25, 0.3) is 5.76 Å². The minimum Gasteiger partial charge on any atom is -0.541 e. The first kappa shape index (κ1) is 30.9. The Morgan fingerprint density at radius 2 is 1.67 bits per heavy atom. The van der Waals surface area contributed by atoms with Crippen molar-refractivity contribution in [3.05, 3.63) is 23.8 Å². The summed E-state index contributed by atoms with van der Waals surface area (Å²) >= 11 is 0. The van der Waals surface area contributed by atoms with Crippen LogP contribution in [-0.2, 0) is 24.1 Å². The van der Waals surface area contributed by atoms with Gasteiger partial charge in [0.1, 0.15) is 24.1 Å². The molecule has 1 saturated heterocycles. The van der Waals surface area contributed by atoms with Crippen LogP contribution >= 0.6 is 0 Å². The van der Waals surface area contributed by atoms with Crippen molar-refractivity contribution in [2.45, 2.75) is 103 Å². The van der Waals surface area contributed by atoms with Gasteiger partial charge in [-0.05, 0) is 37.4 Å². The maximum Gasteiger partial charge on any atom is 0.309 e. The van der Waals surface area contributed by atoms with Crippen LogP contribution in [-0.4, -0.2) is 78.9 Å². The molecule has 12 heteroatoms. The molecule has 10 nitrogen and oxygen atoms in total. The van der Waals surface area contributed by atoms with Crippen molar-refractivity contribution in [2.75, 3.05) is 20.7 Å². The number of imidazole rings is 1. The van der Waals surface area contributed by atoms with E-state index in [0.29, 0.717) is 0 Å². The number of aliphatic hydroxyl groups excluding tert-OH is 2. The molecule has 1 fully saturated rings. The summed E-state index contributed by atoms with van der Waals surface area (Å²) < 4.78 is 47.4. The van der Waals surface area contributed by atoms with E-state index in [1.54, 1.807) is 20.8 Å². The quantitative estimate of drug-likeness (QED) is 0.318. The van der Waals surface area contributed by atoms with E-state index in [4.69, 9.17) is 13.9 Å². The number of ether oxygens (including phenoxy) is 2. The summed E-state index contributed by atoms with van der Waals surface area (Å²) in [4.78, 5) is 4.54. The second-order valence-electron chi connectivity index (χ2n) is 11.1. The van der Waals surface area contributed by atoms with Gasteiger partial charge in [0.15, 0.2) is 11.6 Å². The highest BCUT2D eigenvalue weighted by Gasteiger charge is 2.50. The van der Waals surface area contributed by atoms with Crippen molar-refractivity contribution in [3.63, 3.8) is 0 Å². The lowest BCUT2D eigenvalue weighted by atomic mass is 10.0. The molecule has 0 amide bonds. The molecule has 1 aliphatic rings. The van der Waals surface area contributed by atoms with Gasteiger partial charge >= 0.3 is 10.2 Å². The fourth-order valence-corrected chi connectivity index (χ4v) is 11.9. The number of aliphatic hydroxyl groups is 2. The summed E-state index contributed by atoms with van der Waals surface area (Å²) in [6, 6.07) is 0. The predicted octanol–water partition coefficient (Wildman–Crippen LogP) is 3.55. The van der Waals surface area contributed by atoms with Gasteiger partial charge in [-0.25, -0.2) is 8.96 Å². The van der Waals surface area contributed by atoms with E-state index in [1.807, 2.05) is 0 Å². The largest absolute Gasteiger partial charge is 0.541 e. The molecule has 1 aliphatic heterocycles. The topological polar surface area (TPSA) is 123 Å². The molecule has 0 spiro atoms. The number of nitrogens with zero attached hydrogens (tertiary/aromatic N) is 3. The van der Waals surface area contributed by atoms with Crippen molar-refractivity contribution in [1.29, 1.82) is 0 Å². The lowest BCUT2D eigenvalue weighted by Crippen LogP contribution is -2.47. The number of rotatable bonds is 11. The maximum atomic E-state index is 13.6. The van der Waals surface area contributed by atoms with Crippen LogP contribution in [0.5, 0.6) is 0 Å². The molecule has 36 heavy (non-hydrogen) atoms. The monoisotopic (exact) mass is 547 g/mol. The first-order chi connectivity index (χ1) is 16.3. The molecule has 0 saturated carbocycles. The summed E-state index contributed by atoms with van der Waals surface area (Å²) in [7, 11) is -3.84. The summed E-state index contributed by atoms with van der Waals surface area (Å²) in [5.41, 5.74) is 0.977. The molecule has 1 aromatic rings. The standard InChI is InChI=1S/C24H45N3O7SSi/c1-14(2)36(15(3)4,16(5)6)34-18(8)23-25-17(7)20(27(23)35(30,31)26(11)12)21(29)22-19(13-28)32-24(9,10)33-22/h14-16,19,21-22,28-29H,8,13H2,1-7,9-12H3/t19-,21?,22-/m1/s1. The number of aryl methyl sites for hydroxylation is 1. The van der Waals surface area contributed by atoms with E-state index in [1.165, 1.54) is 14.1 Å². The molecule has 0 aromatic carbocycles. The van der Waals surface area contributed by atoms with Crippen molar-refractivity contribution in [3.8, 4) is 0 Å². The fraction of sp³-hybridized carbons (Fsp3) is 0.792. The highest BCUT2D eigenvalue weighted by molar-refractivity contribution is 7.87. The molecule has 1 aromatic heterocycles. The van der Waals surface area contributed by atoms with E-state index in [2.05, 4.69) is 53.1 Å². The van der Waals surface area contributed by atoms with E-state index >= 15 is 0 Å². The third-order valence-corrected chi connectivity index (χ3v) is 14.8. The molecular weight excluding hydrogens is 502 g/mol. The first-order valence-electron chi connectivity index (χ1n) is 12.4. The Morgan fingerprint density at radius 1 is 1.17 bits per heavy atom. The third-order valence-electron chi connectivity index (χ3n) is 7.00. The summed E-state index contributed by atoms with van der Waals surface area (Å²) in [6.45, 7) is 21.4.